The fourth-order valence-corrected chi connectivity index (χ4v) is 2.27. The van der Waals surface area contributed by atoms with Crippen LogP contribution in [0.3, 0.4) is 0 Å². The van der Waals surface area contributed by atoms with Crippen LogP contribution in [-0.4, -0.2) is 22.5 Å². The smallest absolute Gasteiger partial charge is 0.309 e. The molecule has 3 nitrogen and oxygen atoms in total. The minimum atomic E-state index is -4.16. The van der Waals surface area contributed by atoms with Crippen molar-refractivity contribution < 1.29 is 13.2 Å². The summed E-state index contributed by atoms with van der Waals surface area (Å²) in [6, 6.07) is -0.423. The van der Waals surface area contributed by atoms with Gasteiger partial charge in [0.05, 0.1) is 23.0 Å². The molecule has 1 rings (SSSR count). The van der Waals surface area contributed by atoms with E-state index in [4.69, 9.17) is 11.6 Å². The highest BCUT2D eigenvalue weighted by molar-refractivity contribution is 6.31. The Morgan fingerprint density at radius 3 is 2.63 bits per heavy atom. The van der Waals surface area contributed by atoms with E-state index in [-0.39, 0.29) is 6.42 Å². The summed E-state index contributed by atoms with van der Waals surface area (Å²) in [6.45, 7) is 5.07. The Bertz CT molecular complexity index is 390. The lowest BCUT2D eigenvalue weighted by Gasteiger charge is -2.20. The molecule has 1 heterocycles. The predicted octanol–water partition coefficient (Wildman–Crippen LogP) is 3.94. The first-order chi connectivity index (χ1) is 8.89. The average molecular weight is 298 g/mol. The zero-order chi connectivity index (χ0) is 14.5. The molecule has 0 radical (unpaired) electrons. The maximum atomic E-state index is 12.4. The molecule has 0 amide bonds. The number of nitrogens with zero attached hydrogens (tertiary/aromatic N) is 2. The second-order valence-electron chi connectivity index (χ2n) is 4.37. The number of hydrogen-bond donors (Lipinski definition) is 1. The minimum absolute atomic E-state index is 0.0353. The summed E-state index contributed by atoms with van der Waals surface area (Å²) in [7, 11) is 0. The van der Waals surface area contributed by atoms with E-state index in [1.54, 1.807) is 4.68 Å². The van der Waals surface area contributed by atoms with Gasteiger partial charge < -0.3 is 5.32 Å². The number of rotatable bonds is 7. The maximum absolute atomic E-state index is 12.4. The molecule has 0 aromatic carbocycles. The first-order valence-corrected chi connectivity index (χ1v) is 6.78. The quantitative estimate of drug-likeness (QED) is 0.826. The third-order valence-corrected chi connectivity index (χ3v) is 3.06. The zero-order valence-electron chi connectivity index (χ0n) is 11.1. The highest BCUT2D eigenvalue weighted by Gasteiger charge is 2.30. The largest absolute Gasteiger partial charge is 0.389 e. The van der Waals surface area contributed by atoms with Crippen LogP contribution in [0, 0.1) is 0 Å². The molecule has 0 aliphatic carbocycles. The van der Waals surface area contributed by atoms with Crippen LogP contribution in [0.5, 0.6) is 0 Å². The Balaban J connectivity index is 2.88. The van der Waals surface area contributed by atoms with Gasteiger partial charge >= 0.3 is 6.18 Å². The van der Waals surface area contributed by atoms with E-state index in [1.165, 1.54) is 6.20 Å². The Labute approximate surface area is 116 Å². The van der Waals surface area contributed by atoms with Crippen LogP contribution in [0.1, 0.15) is 44.8 Å². The van der Waals surface area contributed by atoms with Crippen molar-refractivity contribution in [2.75, 3.05) is 6.54 Å². The van der Waals surface area contributed by atoms with Crippen molar-refractivity contribution in [1.82, 2.24) is 15.1 Å². The van der Waals surface area contributed by atoms with Crippen molar-refractivity contribution >= 4 is 11.6 Å². The summed E-state index contributed by atoms with van der Waals surface area (Å²) < 4.78 is 38.8. The molecule has 19 heavy (non-hydrogen) atoms. The maximum Gasteiger partial charge on any atom is 0.389 e. The van der Waals surface area contributed by atoms with Gasteiger partial charge in [-0.25, -0.2) is 0 Å². The highest BCUT2D eigenvalue weighted by Crippen LogP contribution is 2.31. The SMILES string of the molecule is CCCn1ncc(Cl)c1C(CCC(F)(F)F)NCC. The monoisotopic (exact) mass is 297 g/mol. The standard InChI is InChI=1S/C12H19ClF3N3/c1-3-7-19-11(9(13)8-18-19)10(17-4-2)5-6-12(14,15)16/h8,10,17H,3-7H2,1-2H3. The van der Waals surface area contributed by atoms with Crippen LogP contribution >= 0.6 is 11.6 Å². The van der Waals surface area contributed by atoms with Crippen molar-refractivity contribution in [2.24, 2.45) is 0 Å². The van der Waals surface area contributed by atoms with Gasteiger partial charge in [-0.05, 0) is 19.4 Å². The summed E-state index contributed by atoms with van der Waals surface area (Å²) in [5.41, 5.74) is 0.648. The van der Waals surface area contributed by atoms with Crippen LogP contribution in [0.15, 0.2) is 6.20 Å². The van der Waals surface area contributed by atoms with Crippen LogP contribution in [-0.2, 0) is 6.54 Å². The Kier molecular flexibility index (Phi) is 6.13. The molecule has 0 saturated heterocycles. The van der Waals surface area contributed by atoms with Crippen molar-refractivity contribution in [2.45, 2.75) is 51.9 Å². The zero-order valence-corrected chi connectivity index (χ0v) is 11.9. The van der Waals surface area contributed by atoms with Crippen molar-refractivity contribution in [3.63, 3.8) is 0 Å². The van der Waals surface area contributed by atoms with Gasteiger partial charge in [-0.2, -0.15) is 18.3 Å². The highest BCUT2D eigenvalue weighted by atomic mass is 35.5. The molecule has 1 aromatic rings. The second kappa shape index (κ2) is 7.14. The fourth-order valence-electron chi connectivity index (χ4n) is 2.00. The summed E-state index contributed by atoms with van der Waals surface area (Å²) in [4.78, 5) is 0. The number of hydrogen-bond acceptors (Lipinski definition) is 2. The molecule has 0 aliphatic heterocycles. The van der Waals surface area contributed by atoms with Crippen LogP contribution < -0.4 is 5.32 Å². The molecule has 7 heteroatoms. The molecule has 0 aliphatic rings. The predicted molar refractivity (Wildman–Crippen MR) is 69.2 cm³/mol. The average Bonchev–Trinajstić information content (AvgIpc) is 2.66. The minimum Gasteiger partial charge on any atom is -0.309 e. The molecule has 110 valence electrons. The topological polar surface area (TPSA) is 29.9 Å². The molecule has 1 N–H and O–H groups in total. The second-order valence-corrected chi connectivity index (χ2v) is 4.77. The molecular weight excluding hydrogens is 279 g/mol. The lowest BCUT2D eigenvalue weighted by Crippen LogP contribution is -2.26. The molecule has 1 aromatic heterocycles. The summed E-state index contributed by atoms with van der Waals surface area (Å²) >= 11 is 6.06. The number of aromatic nitrogens is 2. The van der Waals surface area contributed by atoms with E-state index in [0.29, 0.717) is 23.8 Å². The van der Waals surface area contributed by atoms with Crippen LogP contribution in [0.4, 0.5) is 13.2 Å². The first kappa shape index (κ1) is 16.3. The molecule has 1 atom stereocenters. The Morgan fingerprint density at radius 1 is 1.42 bits per heavy atom. The summed E-state index contributed by atoms with van der Waals surface area (Å²) in [5, 5.41) is 7.59. The van der Waals surface area contributed by atoms with E-state index in [9.17, 15) is 13.2 Å². The Hall–Kier alpha value is -0.750. The molecule has 0 bridgehead atoms. The van der Waals surface area contributed by atoms with Crippen molar-refractivity contribution in [3.8, 4) is 0 Å². The Morgan fingerprint density at radius 2 is 2.11 bits per heavy atom. The van der Waals surface area contributed by atoms with Gasteiger partial charge in [-0.3, -0.25) is 4.68 Å². The summed E-state index contributed by atoms with van der Waals surface area (Å²) in [5.74, 6) is 0. The van der Waals surface area contributed by atoms with E-state index in [1.807, 2.05) is 13.8 Å². The summed E-state index contributed by atoms with van der Waals surface area (Å²) in [6.07, 6.45) is -2.69. The normalized spacial score (nSPS) is 13.8. The van der Waals surface area contributed by atoms with Crippen molar-refractivity contribution in [3.05, 3.63) is 16.9 Å². The number of alkyl halides is 3. The number of halogens is 4. The van der Waals surface area contributed by atoms with E-state index >= 15 is 0 Å². The van der Waals surface area contributed by atoms with Gasteiger partial charge in [0, 0.05) is 13.0 Å². The van der Waals surface area contributed by atoms with Crippen molar-refractivity contribution in [1.29, 1.82) is 0 Å². The fraction of sp³-hybridized carbons (Fsp3) is 0.750. The number of nitrogens with one attached hydrogen (secondary N) is 1. The third kappa shape index (κ3) is 5.03. The van der Waals surface area contributed by atoms with Crippen LogP contribution in [0.25, 0.3) is 0 Å². The third-order valence-electron chi connectivity index (χ3n) is 2.77. The van der Waals surface area contributed by atoms with Gasteiger partial charge in [-0.15, -0.1) is 0 Å². The van der Waals surface area contributed by atoms with Gasteiger partial charge in [0.2, 0.25) is 0 Å². The van der Waals surface area contributed by atoms with Gasteiger partial charge in [-0.1, -0.05) is 25.4 Å². The lowest BCUT2D eigenvalue weighted by molar-refractivity contribution is -0.136. The number of aryl methyl sites for hydroxylation is 1. The van der Waals surface area contributed by atoms with Gasteiger partial charge in [0.25, 0.3) is 0 Å². The molecule has 0 fully saturated rings. The van der Waals surface area contributed by atoms with Gasteiger partial charge in [0.15, 0.2) is 0 Å². The molecule has 1 unspecified atom stereocenters. The van der Waals surface area contributed by atoms with E-state index in [2.05, 4.69) is 10.4 Å². The first-order valence-electron chi connectivity index (χ1n) is 6.40. The van der Waals surface area contributed by atoms with Gasteiger partial charge in [0.1, 0.15) is 0 Å². The van der Waals surface area contributed by atoms with Crippen LogP contribution in [0.2, 0.25) is 5.02 Å². The van der Waals surface area contributed by atoms with E-state index < -0.39 is 18.6 Å². The lowest BCUT2D eigenvalue weighted by atomic mass is 10.1. The van der Waals surface area contributed by atoms with E-state index in [0.717, 1.165) is 6.42 Å². The molecule has 0 spiro atoms. The molecule has 0 saturated carbocycles. The molecular formula is C12H19ClF3N3.